The van der Waals surface area contributed by atoms with Gasteiger partial charge in [0.2, 0.25) is 0 Å². The van der Waals surface area contributed by atoms with Crippen LogP contribution in [0.25, 0.3) is 0 Å². The predicted molar refractivity (Wildman–Crippen MR) is 72.2 cm³/mol. The van der Waals surface area contributed by atoms with E-state index < -0.39 is 0 Å². The van der Waals surface area contributed by atoms with Crippen LogP contribution in [0, 0.1) is 0 Å². The molecule has 1 aliphatic heterocycles. The van der Waals surface area contributed by atoms with Crippen LogP contribution < -0.4 is 10.6 Å². The summed E-state index contributed by atoms with van der Waals surface area (Å²) in [5.41, 5.74) is 10.5. The lowest BCUT2D eigenvalue weighted by Crippen LogP contribution is -2.13. The molecular formula is C14H13ClN2. The van der Waals surface area contributed by atoms with Crippen LogP contribution in [-0.4, -0.2) is 0 Å². The number of hydrogen-bond donors (Lipinski definition) is 1. The summed E-state index contributed by atoms with van der Waals surface area (Å²) in [5, 5.41) is 0.773. The first-order chi connectivity index (χ1) is 8.22. The quantitative estimate of drug-likeness (QED) is 0.779. The molecule has 0 saturated heterocycles. The molecule has 0 unspecified atom stereocenters. The highest BCUT2D eigenvalue weighted by Gasteiger charge is 2.18. The molecule has 0 aliphatic carbocycles. The fourth-order valence-corrected chi connectivity index (χ4v) is 2.37. The molecule has 2 N–H and O–H groups in total. The van der Waals surface area contributed by atoms with Gasteiger partial charge in [0.05, 0.1) is 0 Å². The first-order valence-electron chi connectivity index (χ1n) is 5.60. The zero-order valence-corrected chi connectivity index (χ0v) is 10.1. The van der Waals surface area contributed by atoms with Crippen molar-refractivity contribution < 1.29 is 0 Å². The second-order valence-corrected chi connectivity index (χ2v) is 4.80. The third-order valence-electron chi connectivity index (χ3n) is 3.14. The van der Waals surface area contributed by atoms with E-state index in [9.17, 15) is 0 Å². The number of nitrogens with two attached hydrogens (primary N) is 1. The van der Waals surface area contributed by atoms with Crippen molar-refractivity contribution in [1.29, 1.82) is 0 Å². The van der Waals surface area contributed by atoms with Crippen LogP contribution in [0.4, 0.5) is 11.4 Å². The molecule has 86 valence electrons. The molecule has 0 aromatic heterocycles. The van der Waals surface area contributed by atoms with E-state index in [4.69, 9.17) is 17.3 Å². The van der Waals surface area contributed by atoms with Crippen molar-refractivity contribution in [3.05, 3.63) is 58.6 Å². The van der Waals surface area contributed by atoms with Gasteiger partial charge in [-0.3, -0.25) is 0 Å². The van der Waals surface area contributed by atoms with Gasteiger partial charge in [-0.15, -0.1) is 0 Å². The first kappa shape index (κ1) is 10.5. The lowest BCUT2D eigenvalue weighted by atomic mass is 10.1. The monoisotopic (exact) mass is 244 g/mol. The molecule has 2 aromatic carbocycles. The Morgan fingerprint density at radius 1 is 0.941 bits per heavy atom. The Morgan fingerprint density at radius 2 is 1.65 bits per heavy atom. The van der Waals surface area contributed by atoms with E-state index in [1.54, 1.807) is 0 Å². The van der Waals surface area contributed by atoms with Crippen LogP contribution in [0.5, 0.6) is 0 Å². The van der Waals surface area contributed by atoms with Crippen molar-refractivity contribution in [2.24, 2.45) is 0 Å². The molecule has 0 amide bonds. The Labute approximate surface area is 106 Å². The van der Waals surface area contributed by atoms with Gasteiger partial charge in [-0.1, -0.05) is 17.7 Å². The van der Waals surface area contributed by atoms with Crippen molar-refractivity contribution in [3.8, 4) is 0 Å². The number of anilines is 2. The standard InChI is InChI=1S/C14H13ClN2/c15-12-2-5-14(6-3-12)17-8-10-1-4-13(16)7-11(10)9-17/h1-7H,8-9,16H2. The molecule has 0 saturated carbocycles. The van der Waals surface area contributed by atoms with E-state index >= 15 is 0 Å². The minimum atomic E-state index is 0.773. The zero-order valence-electron chi connectivity index (χ0n) is 9.36. The van der Waals surface area contributed by atoms with E-state index in [0.29, 0.717) is 0 Å². The fraction of sp³-hybridized carbons (Fsp3) is 0.143. The summed E-state index contributed by atoms with van der Waals surface area (Å²) in [5.74, 6) is 0. The minimum absolute atomic E-state index is 0.773. The lowest BCUT2D eigenvalue weighted by molar-refractivity contribution is 0.881. The molecule has 2 nitrogen and oxygen atoms in total. The van der Waals surface area contributed by atoms with Crippen LogP contribution in [0.15, 0.2) is 42.5 Å². The third kappa shape index (κ3) is 1.96. The van der Waals surface area contributed by atoms with Crippen LogP contribution in [0.3, 0.4) is 0 Å². The summed E-state index contributed by atoms with van der Waals surface area (Å²) >= 11 is 5.89. The van der Waals surface area contributed by atoms with Crippen molar-refractivity contribution in [2.45, 2.75) is 13.1 Å². The number of benzene rings is 2. The predicted octanol–water partition coefficient (Wildman–Crippen LogP) is 3.44. The largest absolute Gasteiger partial charge is 0.399 e. The number of fused-ring (bicyclic) bond motifs is 1. The minimum Gasteiger partial charge on any atom is -0.399 e. The maximum absolute atomic E-state index is 5.89. The van der Waals surface area contributed by atoms with Gasteiger partial charge in [0.15, 0.2) is 0 Å². The summed E-state index contributed by atoms with van der Waals surface area (Å²) in [7, 11) is 0. The fourth-order valence-electron chi connectivity index (χ4n) is 2.25. The number of nitrogens with zero attached hydrogens (tertiary/aromatic N) is 1. The average molecular weight is 245 g/mol. The molecular weight excluding hydrogens is 232 g/mol. The van der Waals surface area contributed by atoms with Crippen molar-refractivity contribution in [1.82, 2.24) is 0 Å². The molecule has 1 heterocycles. The lowest BCUT2D eigenvalue weighted by Gasteiger charge is -2.17. The highest BCUT2D eigenvalue weighted by Crippen LogP contribution is 2.29. The number of nitrogen functional groups attached to an aromatic ring is 1. The molecule has 2 aromatic rings. The molecule has 17 heavy (non-hydrogen) atoms. The molecule has 3 heteroatoms. The van der Waals surface area contributed by atoms with Gasteiger partial charge in [-0.05, 0) is 47.5 Å². The topological polar surface area (TPSA) is 29.3 Å². The van der Waals surface area contributed by atoms with Crippen LogP contribution in [0.1, 0.15) is 11.1 Å². The maximum atomic E-state index is 5.89. The Bertz CT molecular complexity index is 549. The summed E-state index contributed by atoms with van der Waals surface area (Å²) in [6, 6.07) is 14.1. The van der Waals surface area contributed by atoms with Crippen molar-refractivity contribution in [3.63, 3.8) is 0 Å². The summed E-state index contributed by atoms with van der Waals surface area (Å²) in [6.07, 6.45) is 0. The second kappa shape index (κ2) is 3.97. The number of hydrogen-bond acceptors (Lipinski definition) is 2. The normalized spacial score (nSPS) is 13.8. The third-order valence-corrected chi connectivity index (χ3v) is 3.40. The van der Waals surface area contributed by atoms with E-state index in [2.05, 4.69) is 29.2 Å². The second-order valence-electron chi connectivity index (χ2n) is 4.36. The van der Waals surface area contributed by atoms with E-state index in [-0.39, 0.29) is 0 Å². The molecule has 0 radical (unpaired) electrons. The molecule has 0 spiro atoms. The Balaban J connectivity index is 1.88. The van der Waals surface area contributed by atoms with Crippen molar-refractivity contribution in [2.75, 3.05) is 10.6 Å². The Hall–Kier alpha value is -1.67. The SMILES string of the molecule is Nc1ccc2c(c1)CN(c1ccc(Cl)cc1)C2. The maximum Gasteiger partial charge on any atom is 0.0437 e. The summed E-state index contributed by atoms with van der Waals surface area (Å²) in [4.78, 5) is 2.32. The van der Waals surface area contributed by atoms with Crippen LogP contribution >= 0.6 is 11.6 Å². The molecule has 0 atom stereocenters. The van der Waals surface area contributed by atoms with E-state index in [1.807, 2.05) is 18.2 Å². The summed E-state index contributed by atoms with van der Waals surface area (Å²) in [6.45, 7) is 1.86. The molecule has 1 aliphatic rings. The Kier molecular flexibility index (Phi) is 2.45. The van der Waals surface area contributed by atoms with Crippen LogP contribution in [0.2, 0.25) is 5.02 Å². The van der Waals surface area contributed by atoms with Gasteiger partial charge < -0.3 is 10.6 Å². The van der Waals surface area contributed by atoms with E-state index in [0.717, 1.165) is 23.8 Å². The van der Waals surface area contributed by atoms with Gasteiger partial charge in [-0.25, -0.2) is 0 Å². The molecule has 3 rings (SSSR count). The first-order valence-corrected chi connectivity index (χ1v) is 5.98. The number of rotatable bonds is 1. The number of halogens is 1. The average Bonchev–Trinajstić information content (AvgIpc) is 2.72. The molecule has 0 bridgehead atoms. The zero-order chi connectivity index (χ0) is 11.8. The van der Waals surface area contributed by atoms with Gasteiger partial charge in [0, 0.05) is 29.5 Å². The van der Waals surface area contributed by atoms with Crippen molar-refractivity contribution >= 4 is 23.0 Å². The smallest absolute Gasteiger partial charge is 0.0437 e. The van der Waals surface area contributed by atoms with Gasteiger partial charge in [-0.2, -0.15) is 0 Å². The molecule has 0 fully saturated rings. The highest BCUT2D eigenvalue weighted by molar-refractivity contribution is 6.30. The van der Waals surface area contributed by atoms with E-state index in [1.165, 1.54) is 16.8 Å². The van der Waals surface area contributed by atoms with Gasteiger partial charge in [0.25, 0.3) is 0 Å². The van der Waals surface area contributed by atoms with Gasteiger partial charge >= 0.3 is 0 Å². The van der Waals surface area contributed by atoms with Crippen LogP contribution in [-0.2, 0) is 13.1 Å². The highest BCUT2D eigenvalue weighted by atomic mass is 35.5. The Morgan fingerprint density at radius 3 is 2.41 bits per heavy atom. The summed E-state index contributed by atoms with van der Waals surface area (Å²) < 4.78 is 0. The van der Waals surface area contributed by atoms with Gasteiger partial charge in [0.1, 0.15) is 0 Å².